The number of benzene rings is 3. The van der Waals surface area contributed by atoms with Crippen molar-refractivity contribution in [2.75, 3.05) is 27.8 Å². The van der Waals surface area contributed by atoms with Gasteiger partial charge in [-0.15, -0.1) is 0 Å². The van der Waals surface area contributed by atoms with E-state index in [2.05, 4.69) is 35.5 Å². The number of carbonyl (C=O) groups is 2. The summed E-state index contributed by atoms with van der Waals surface area (Å²) in [5.74, 6) is 19.5. The Morgan fingerprint density at radius 1 is 0.526 bits per heavy atom. The highest BCUT2D eigenvalue weighted by molar-refractivity contribution is 6.04. The average molecular weight is 504 g/mol. The summed E-state index contributed by atoms with van der Waals surface area (Å²) in [4.78, 5) is 25.1. The van der Waals surface area contributed by atoms with Crippen molar-refractivity contribution >= 4 is 11.9 Å². The number of hydrogen-bond acceptors (Lipinski definition) is 8. The van der Waals surface area contributed by atoms with Crippen molar-refractivity contribution in [2.45, 2.75) is 0 Å². The fourth-order valence-electron chi connectivity index (χ4n) is 4.07. The molecule has 1 aliphatic carbocycles. The van der Waals surface area contributed by atoms with Crippen LogP contribution >= 0.6 is 0 Å². The molecule has 184 valence electrons. The molecule has 0 saturated carbocycles. The van der Waals surface area contributed by atoms with Crippen LogP contribution in [0.1, 0.15) is 54.1 Å². The third kappa shape index (κ3) is 3.99. The zero-order valence-electron chi connectivity index (χ0n) is 20.1. The normalized spacial score (nSPS) is 12.8. The Morgan fingerprint density at radius 2 is 0.789 bits per heavy atom. The smallest absolute Gasteiger partial charge is 0.338 e. The van der Waals surface area contributed by atoms with Crippen molar-refractivity contribution in [3.05, 3.63) is 80.9 Å². The van der Waals surface area contributed by atoms with Gasteiger partial charge in [-0.25, -0.2) is 9.59 Å². The molecule has 0 fully saturated rings. The number of methoxy groups -OCH3 is 2. The Labute approximate surface area is 217 Å². The van der Waals surface area contributed by atoms with Gasteiger partial charge in [0.15, 0.2) is 23.0 Å². The minimum atomic E-state index is -0.707. The van der Waals surface area contributed by atoms with Gasteiger partial charge in [0.25, 0.3) is 0 Å². The van der Waals surface area contributed by atoms with E-state index in [1.165, 1.54) is 26.4 Å². The van der Waals surface area contributed by atoms with E-state index in [-0.39, 0.29) is 24.7 Å². The SMILES string of the molecule is COC(=O)c1cc2c(cc1C(=O)OC)C#Cc1cc3c(cc1C#Cc1cc4c(cc1C#C2)OCO4)OCO3. The molecule has 0 saturated heterocycles. The van der Waals surface area contributed by atoms with Gasteiger partial charge in [0, 0.05) is 57.6 Å². The van der Waals surface area contributed by atoms with Gasteiger partial charge in [0.1, 0.15) is 0 Å². The maximum absolute atomic E-state index is 12.5. The summed E-state index contributed by atoms with van der Waals surface area (Å²) < 4.78 is 31.9. The van der Waals surface area contributed by atoms with Crippen molar-refractivity contribution < 1.29 is 38.0 Å². The summed E-state index contributed by atoms with van der Waals surface area (Å²) in [7, 11) is 2.46. The highest BCUT2D eigenvalue weighted by Crippen LogP contribution is 2.36. The molecule has 3 aromatic rings. The van der Waals surface area contributed by atoms with Crippen LogP contribution in [-0.4, -0.2) is 39.7 Å². The lowest BCUT2D eigenvalue weighted by Gasteiger charge is -2.09. The van der Waals surface area contributed by atoms with Gasteiger partial charge in [-0.05, 0) is 12.1 Å². The third-order valence-corrected chi connectivity index (χ3v) is 5.99. The molecule has 8 nitrogen and oxygen atoms in total. The number of esters is 2. The summed E-state index contributed by atoms with van der Waals surface area (Å²) in [6.45, 7) is 0.196. The van der Waals surface area contributed by atoms with Crippen LogP contribution in [0.15, 0.2) is 36.4 Å². The van der Waals surface area contributed by atoms with E-state index in [0.29, 0.717) is 56.4 Å². The second-order valence-electron chi connectivity index (χ2n) is 8.18. The lowest BCUT2D eigenvalue weighted by molar-refractivity contribution is 0.0555. The number of ether oxygens (including phenoxy) is 6. The van der Waals surface area contributed by atoms with Gasteiger partial charge in [-0.1, -0.05) is 35.5 Å². The molecule has 0 amide bonds. The first kappa shape index (κ1) is 22.9. The van der Waals surface area contributed by atoms with Crippen molar-refractivity contribution in [1.29, 1.82) is 0 Å². The minimum Gasteiger partial charge on any atom is -0.465 e. The predicted octanol–water partition coefficient (Wildman–Crippen LogP) is 3.23. The van der Waals surface area contributed by atoms with Gasteiger partial charge in [-0.2, -0.15) is 0 Å². The van der Waals surface area contributed by atoms with Crippen molar-refractivity contribution in [3.63, 3.8) is 0 Å². The quantitative estimate of drug-likeness (QED) is 0.304. The van der Waals surface area contributed by atoms with E-state index < -0.39 is 11.9 Å². The molecule has 38 heavy (non-hydrogen) atoms. The molecule has 0 spiro atoms. The van der Waals surface area contributed by atoms with Crippen LogP contribution in [0, 0.1) is 35.5 Å². The van der Waals surface area contributed by atoms with Crippen LogP contribution in [0.5, 0.6) is 23.0 Å². The molecule has 0 atom stereocenters. The highest BCUT2D eigenvalue weighted by Gasteiger charge is 2.22. The summed E-state index contributed by atoms with van der Waals surface area (Å²) in [5, 5.41) is 0. The second-order valence-corrected chi connectivity index (χ2v) is 8.18. The number of carbonyl (C=O) groups excluding carboxylic acids is 2. The Bertz CT molecular complexity index is 1620. The van der Waals surface area contributed by atoms with E-state index in [0.717, 1.165) is 0 Å². The second kappa shape index (κ2) is 9.17. The molecule has 2 aliphatic heterocycles. The minimum absolute atomic E-state index is 0.00997. The molecule has 3 aromatic carbocycles. The predicted molar refractivity (Wildman–Crippen MR) is 132 cm³/mol. The van der Waals surface area contributed by atoms with E-state index >= 15 is 0 Å². The molecule has 0 bridgehead atoms. The zero-order chi connectivity index (χ0) is 26.2. The van der Waals surface area contributed by atoms with Crippen molar-refractivity contribution in [3.8, 4) is 58.5 Å². The van der Waals surface area contributed by atoms with Gasteiger partial charge >= 0.3 is 11.9 Å². The Balaban J connectivity index is 1.64. The molecular weight excluding hydrogens is 488 g/mol. The zero-order valence-corrected chi connectivity index (χ0v) is 20.1. The average Bonchev–Trinajstić information content (AvgIpc) is 3.60. The lowest BCUT2D eigenvalue weighted by atomic mass is 9.96. The first-order valence-corrected chi connectivity index (χ1v) is 11.3. The molecule has 0 radical (unpaired) electrons. The van der Waals surface area contributed by atoms with Crippen molar-refractivity contribution in [2.24, 2.45) is 0 Å². The van der Waals surface area contributed by atoms with E-state index in [1.54, 1.807) is 24.3 Å². The first-order chi connectivity index (χ1) is 18.5. The number of hydrogen-bond donors (Lipinski definition) is 0. The maximum atomic E-state index is 12.5. The van der Waals surface area contributed by atoms with E-state index in [9.17, 15) is 9.59 Å². The molecule has 2 heterocycles. The van der Waals surface area contributed by atoms with E-state index in [4.69, 9.17) is 28.4 Å². The Morgan fingerprint density at radius 3 is 1.05 bits per heavy atom. The van der Waals surface area contributed by atoms with Crippen LogP contribution in [0.4, 0.5) is 0 Å². The largest absolute Gasteiger partial charge is 0.465 e. The summed E-state index contributed by atoms with van der Waals surface area (Å²) in [5.41, 5.74) is 3.22. The van der Waals surface area contributed by atoms with Crippen LogP contribution in [0.3, 0.4) is 0 Å². The molecule has 0 unspecified atom stereocenters. The third-order valence-electron chi connectivity index (χ3n) is 5.99. The maximum Gasteiger partial charge on any atom is 0.338 e. The van der Waals surface area contributed by atoms with E-state index in [1.807, 2.05) is 0 Å². The number of fused-ring (bicyclic) bond motifs is 5. The Hall–Kier alpha value is -5.52. The number of rotatable bonds is 2. The van der Waals surface area contributed by atoms with Gasteiger partial charge in [0.2, 0.25) is 13.6 Å². The van der Waals surface area contributed by atoms with Crippen molar-refractivity contribution in [1.82, 2.24) is 0 Å². The van der Waals surface area contributed by atoms with Crippen LogP contribution < -0.4 is 18.9 Å². The summed E-state index contributed by atoms with van der Waals surface area (Å²) >= 11 is 0. The molecule has 8 heteroatoms. The van der Waals surface area contributed by atoms with Crippen LogP contribution in [0.25, 0.3) is 0 Å². The molecular formula is C30H16O8. The van der Waals surface area contributed by atoms with Crippen LogP contribution in [0.2, 0.25) is 0 Å². The summed E-state index contributed by atoms with van der Waals surface area (Å²) in [6.07, 6.45) is 0. The van der Waals surface area contributed by atoms with Gasteiger partial charge < -0.3 is 28.4 Å². The fourth-order valence-corrected chi connectivity index (χ4v) is 4.07. The first-order valence-electron chi connectivity index (χ1n) is 11.3. The topological polar surface area (TPSA) is 89.5 Å². The van der Waals surface area contributed by atoms with Gasteiger partial charge in [-0.3, -0.25) is 0 Å². The molecule has 0 N–H and O–H groups in total. The van der Waals surface area contributed by atoms with Gasteiger partial charge in [0.05, 0.1) is 25.3 Å². The molecule has 6 rings (SSSR count). The molecule has 3 aliphatic rings. The molecule has 0 aromatic heterocycles. The monoisotopic (exact) mass is 504 g/mol. The van der Waals surface area contributed by atoms with Crippen LogP contribution in [-0.2, 0) is 9.47 Å². The lowest BCUT2D eigenvalue weighted by Crippen LogP contribution is -2.13. The Kier molecular flexibility index (Phi) is 5.53. The summed E-state index contributed by atoms with van der Waals surface area (Å²) in [6, 6.07) is 9.98. The highest BCUT2D eigenvalue weighted by atomic mass is 16.7. The standard InChI is InChI=1S/C30H16O8/c1-33-29(31)23-9-17-3-5-19-11-25-27(37-15-35-25)13-21(19)7-8-22-14-28-26(36-16-38-28)12-20(22)6-4-18(17)10-24(23)30(32)34-2/h9-14H,15-16H2,1-2H3. The fraction of sp³-hybridized carbons (Fsp3) is 0.133.